The molecule has 3 aromatic heterocycles. The van der Waals surface area contributed by atoms with Crippen LogP contribution in [0.1, 0.15) is 91.1 Å². The van der Waals surface area contributed by atoms with Crippen LogP contribution in [0, 0.1) is 5.92 Å². The molecule has 4 aliphatic rings. The number of nitrogens with one attached hydrogen (secondary N) is 2. The van der Waals surface area contributed by atoms with Crippen molar-refractivity contribution in [3.63, 3.8) is 0 Å². The Labute approximate surface area is 343 Å². The summed E-state index contributed by atoms with van der Waals surface area (Å²) in [5.74, 6) is -0.615. The van der Waals surface area contributed by atoms with Gasteiger partial charge < -0.3 is 19.9 Å². The quantitative estimate of drug-likeness (QED) is 0.186. The third-order valence-corrected chi connectivity index (χ3v) is 12.9. The summed E-state index contributed by atoms with van der Waals surface area (Å²) in [5.41, 5.74) is 3.02. The van der Waals surface area contributed by atoms with Gasteiger partial charge in [-0.15, -0.1) is 0 Å². The summed E-state index contributed by atoms with van der Waals surface area (Å²) in [6.45, 7) is 5.16. The number of likely N-dealkylation sites (tertiary alicyclic amines) is 1. The van der Waals surface area contributed by atoms with E-state index in [-0.39, 0.29) is 35.7 Å². The van der Waals surface area contributed by atoms with Gasteiger partial charge in [-0.05, 0) is 106 Å². The van der Waals surface area contributed by atoms with Gasteiger partial charge in [0.15, 0.2) is 0 Å². The smallest absolute Gasteiger partial charge is 0.378 e. The van der Waals surface area contributed by atoms with Gasteiger partial charge in [-0.2, -0.15) is 18.3 Å². The van der Waals surface area contributed by atoms with Crippen LogP contribution in [0.2, 0.25) is 0 Å². The first-order valence-corrected chi connectivity index (χ1v) is 20.9. The number of carbonyl (C=O) groups excluding carboxylic acids is 3. The van der Waals surface area contributed by atoms with Crippen molar-refractivity contribution in [2.24, 2.45) is 13.0 Å². The molecule has 316 valence electrons. The number of pyridine rings is 1. The maximum absolute atomic E-state index is 13.5. The third kappa shape index (κ3) is 7.80. The fourth-order valence-corrected chi connectivity index (χ4v) is 9.75. The van der Waals surface area contributed by atoms with E-state index in [1.54, 1.807) is 16.2 Å². The number of imide groups is 1. The molecule has 1 aliphatic carbocycles. The number of alkyl halides is 3. The lowest BCUT2D eigenvalue weighted by Crippen LogP contribution is -2.44. The highest BCUT2D eigenvalue weighted by molar-refractivity contribution is 6.06. The van der Waals surface area contributed by atoms with Crippen LogP contribution < -0.4 is 21.2 Å². The van der Waals surface area contributed by atoms with Crippen LogP contribution in [0.4, 0.5) is 24.5 Å². The molecule has 60 heavy (non-hydrogen) atoms. The number of fused-ring (bicyclic) bond motifs is 2. The molecule has 5 aromatic rings. The average Bonchev–Trinajstić information content (AvgIpc) is 3.78. The van der Waals surface area contributed by atoms with Crippen molar-refractivity contribution in [1.29, 1.82) is 0 Å². The van der Waals surface area contributed by atoms with E-state index in [1.165, 1.54) is 12.1 Å². The zero-order valence-electron chi connectivity index (χ0n) is 33.4. The number of imidazole rings is 1. The molecule has 17 heteroatoms. The van der Waals surface area contributed by atoms with Crippen LogP contribution in [0.5, 0.6) is 0 Å². The van der Waals surface area contributed by atoms with Crippen LogP contribution in [0.25, 0.3) is 21.9 Å². The molecule has 2 aromatic carbocycles. The third-order valence-electron chi connectivity index (χ3n) is 12.9. The van der Waals surface area contributed by atoms with Crippen LogP contribution in [0.3, 0.4) is 0 Å². The molecular formula is C43H48F3N9O5. The highest BCUT2D eigenvalue weighted by Crippen LogP contribution is 2.39. The van der Waals surface area contributed by atoms with E-state index in [1.807, 2.05) is 35.1 Å². The number of aromatic nitrogens is 5. The van der Waals surface area contributed by atoms with E-state index >= 15 is 0 Å². The summed E-state index contributed by atoms with van der Waals surface area (Å²) in [5, 5.41) is 11.1. The number of aryl methyl sites for hydroxylation is 1. The number of carbonyl (C=O) groups is 3. The summed E-state index contributed by atoms with van der Waals surface area (Å²) in [6.07, 6.45) is 3.89. The van der Waals surface area contributed by atoms with Gasteiger partial charge in [-0.1, -0.05) is 18.2 Å². The summed E-state index contributed by atoms with van der Waals surface area (Å²) >= 11 is 0. The first-order chi connectivity index (χ1) is 28.9. The molecule has 3 aliphatic heterocycles. The number of morpholine rings is 1. The lowest BCUT2D eigenvalue weighted by molar-refractivity contribution is -0.141. The van der Waals surface area contributed by atoms with Gasteiger partial charge in [0.25, 0.3) is 5.91 Å². The second-order valence-corrected chi connectivity index (χ2v) is 16.6. The number of ether oxygens (including phenoxy) is 1. The molecule has 3 amide bonds. The van der Waals surface area contributed by atoms with Gasteiger partial charge in [0.1, 0.15) is 17.4 Å². The molecule has 0 spiro atoms. The van der Waals surface area contributed by atoms with Gasteiger partial charge in [0.05, 0.1) is 47.2 Å². The Kier molecular flexibility index (Phi) is 10.7. The first-order valence-electron chi connectivity index (χ1n) is 20.9. The van der Waals surface area contributed by atoms with Crippen LogP contribution in [-0.4, -0.2) is 92.5 Å². The summed E-state index contributed by atoms with van der Waals surface area (Å²) < 4.78 is 50.9. The van der Waals surface area contributed by atoms with Crippen molar-refractivity contribution in [3.8, 4) is 0 Å². The van der Waals surface area contributed by atoms with Crippen molar-refractivity contribution in [1.82, 2.24) is 34.1 Å². The fourth-order valence-electron chi connectivity index (χ4n) is 9.75. The SMILES string of the molecule is Cn1c(=O)n(C2CCC(=O)NC2=O)c2cccc(C3CCN(CC4CCC(n5cc6cc(NC(=O)c7cccc(C(F)(F)F)n7)c(N7CCOCC7)cc6n5)CC4)CC3)c21. The lowest BCUT2D eigenvalue weighted by Gasteiger charge is -2.37. The molecule has 1 atom stereocenters. The van der Waals surface area contributed by atoms with Gasteiger partial charge in [0.2, 0.25) is 11.8 Å². The number of hydrogen-bond acceptors (Lipinski definition) is 9. The second kappa shape index (κ2) is 16.1. The number of anilines is 2. The number of piperidine rings is 2. The zero-order chi connectivity index (χ0) is 41.7. The highest BCUT2D eigenvalue weighted by atomic mass is 19.4. The molecule has 4 fully saturated rings. The summed E-state index contributed by atoms with van der Waals surface area (Å²) in [7, 11) is 1.76. The van der Waals surface area contributed by atoms with E-state index < -0.39 is 29.7 Å². The van der Waals surface area contributed by atoms with Crippen LogP contribution in [-0.2, 0) is 27.5 Å². The molecule has 0 radical (unpaired) electrons. The maximum Gasteiger partial charge on any atom is 0.433 e. The Hall–Kier alpha value is -5.55. The summed E-state index contributed by atoms with van der Waals surface area (Å²) in [4.78, 5) is 59.5. The molecule has 3 saturated heterocycles. The monoisotopic (exact) mass is 827 g/mol. The Morgan fingerprint density at radius 2 is 1.68 bits per heavy atom. The predicted octanol–water partition coefficient (Wildman–Crippen LogP) is 5.78. The van der Waals surface area contributed by atoms with E-state index in [0.29, 0.717) is 44.3 Å². The number of benzene rings is 2. The van der Waals surface area contributed by atoms with Crippen molar-refractivity contribution >= 4 is 51.0 Å². The lowest BCUT2D eigenvalue weighted by atomic mass is 9.84. The van der Waals surface area contributed by atoms with E-state index in [2.05, 4.69) is 31.5 Å². The Balaban J connectivity index is 0.840. The minimum atomic E-state index is -4.67. The molecule has 1 saturated carbocycles. The maximum atomic E-state index is 13.5. The van der Waals surface area contributed by atoms with E-state index in [4.69, 9.17) is 9.84 Å². The molecule has 0 bridgehead atoms. The minimum Gasteiger partial charge on any atom is -0.378 e. The molecule has 6 heterocycles. The standard InChI is InChI=1S/C43H48F3N9O5/c1-51-39-30(4-2-6-34(39)55(42(51)59)35-12-13-38(56)49-41(35)58)27-14-16-52(17-15-27)24-26-8-10-29(11-9-26)54-25-28-22-33(36(23-32(28)50-54)53-18-20-60-21-19-53)48-40(57)31-5-3-7-37(47-31)43(44,45)46/h2-7,22-23,25-27,29,35H,8-21,24H2,1H3,(H,48,57)(H,49,56,58). The number of halogens is 3. The predicted molar refractivity (Wildman–Crippen MR) is 218 cm³/mol. The second-order valence-electron chi connectivity index (χ2n) is 16.6. The fraction of sp³-hybridized carbons (Fsp3) is 0.488. The number of hydrogen-bond donors (Lipinski definition) is 2. The molecule has 14 nitrogen and oxygen atoms in total. The Bertz CT molecular complexity index is 2510. The van der Waals surface area contributed by atoms with Gasteiger partial charge in [-0.3, -0.25) is 33.5 Å². The van der Waals surface area contributed by atoms with Gasteiger partial charge in [-0.25, -0.2) is 9.78 Å². The van der Waals surface area contributed by atoms with E-state index in [0.717, 1.165) is 97.4 Å². The van der Waals surface area contributed by atoms with Gasteiger partial charge >= 0.3 is 11.9 Å². The number of para-hydroxylation sites is 1. The van der Waals surface area contributed by atoms with Crippen LogP contribution >= 0.6 is 0 Å². The normalized spacial score (nSPS) is 22.4. The molecule has 2 N–H and O–H groups in total. The molecule has 9 rings (SSSR count). The summed E-state index contributed by atoms with van der Waals surface area (Å²) in [6, 6.07) is 12.6. The van der Waals surface area contributed by atoms with Crippen molar-refractivity contribution < 1.29 is 32.3 Å². The van der Waals surface area contributed by atoms with Crippen molar-refractivity contribution in [3.05, 3.63) is 82.2 Å². The topological polar surface area (TPSA) is 149 Å². The Morgan fingerprint density at radius 1 is 0.933 bits per heavy atom. The first kappa shape index (κ1) is 39.9. The Morgan fingerprint density at radius 3 is 2.42 bits per heavy atom. The number of amides is 3. The largest absolute Gasteiger partial charge is 0.433 e. The van der Waals surface area contributed by atoms with Gasteiger partial charge in [0, 0.05) is 44.7 Å². The number of rotatable bonds is 8. The highest BCUT2D eigenvalue weighted by Gasteiger charge is 2.35. The van der Waals surface area contributed by atoms with Crippen molar-refractivity contribution in [2.45, 2.75) is 75.5 Å². The number of nitrogens with zero attached hydrogens (tertiary/aromatic N) is 7. The minimum absolute atomic E-state index is 0.205. The average molecular weight is 828 g/mol. The zero-order valence-corrected chi connectivity index (χ0v) is 33.4. The van der Waals surface area contributed by atoms with E-state index in [9.17, 15) is 32.3 Å². The van der Waals surface area contributed by atoms with Crippen LogP contribution in [0.15, 0.2) is 59.5 Å². The molecular weight excluding hydrogens is 780 g/mol. The van der Waals surface area contributed by atoms with Crippen molar-refractivity contribution in [2.75, 3.05) is 56.2 Å². The molecule has 1 unspecified atom stereocenters.